The van der Waals surface area contributed by atoms with Crippen molar-refractivity contribution in [3.8, 4) is 0 Å². The number of carbonyl (C=O) groups is 1. The van der Waals surface area contributed by atoms with Crippen LogP contribution >= 0.6 is 0 Å². The number of aromatic nitrogens is 1. The minimum absolute atomic E-state index is 0.104. The second-order valence-corrected chi connectivity index (χ2v) is 3.06. The van der Waals surface area contributed by atoms with E-state index < -0.39 is 23.5 Å². The number of halogens is 1. The molecule has 1 aromatic heterocycles. The van der Waals surface area contributed by atoms with Gasteiger partial charge in [-0.3, -0.25) is 0 Å². The van der Waals surface area contributed by atoms with Gasteiger partial charge in [0.05, 0.1) is 6.10 Å². The Balaban J connectivity index is 2.89. The number of pyridine rings is 1. The smallest absolute Gasteiger partial charge is 0.338 e. The lowest BCUT2D eigenvalue weighted by Crippen LogP contribution is -2.17. The third-order valence-electron chi connectivity index (χ3n) is 1.68. The molecule has 0 aliphatic rings. The highest BCUT2D eigenvalue weighted by molar-refractivity contribution is 5.88. The van der Waals surface area contributed by atoms with Crippen LogP contribution in [0.3, 0.4) is 0 Å². The first-order chi connectivity index (χ1) is 7.02. The van der Waals surface area contributed by atoms with E-state index >= 15 is 0 Å². The number of nitrogens with one attached hydrogen (secondary N) is 1. The van der Waals surface area contributed by atoms with Gasteiger partial charge in [0.15, 0.2) is 11.6 Å². The van der Waals surface area contributed by atoms with Gasteiger partial charge in [-0.25, -0.2) is 14.2 Å². The number of carboxylic acids is 1. The van der Waals surface area contributed by atoms with Crippen LogP contribution in [0.25, 0.3) is 0 Å². The Morgan fingerprint density at radius 1 is 1.73 bits per heavy atom. The van der Waals surface area contributed by atoms with E-state index in [1.54, 1.807) is 0 Å². The third kappa shape index (κ3) is 2.88. The number of aliphatic hydroxyl groups excluding tert-OH is 1. The molecule has 0 saturated heterocycles. The van der Waals surface area contributed by atoms with Gasteiger partial charge in [0.1, 0.15) is 5.56 Å². The quantitative estimate of drug-likeness (QED) is 0.687. The zero-order chi connectivity index (χ0) is 11.4. The average molecular weight is 214 g/mol. The van der Waals surface area contributed by atoms with Crippen molar-refractivity contribution in [2.24, 2.45) is 0 Å². The summed E-state index contributed by atoms with van der Waals surface area (Å²) in [7, 11) is 0. The van der Waals surface area contributed by atoms with Gasteiger partial charge in [-0.2, -0.15) is 0 Å². The van der Waals surface area contributed by atoms with Gasteiger partial charge in [0.2, 0.25) is 0 Å². The second kappa shape index (κ2) is 4.70. The first-order valence-corrected chi connectivity index (χ1v) is 4.32. The number of anilines is 1. The number of aliphatic hydroxyl groups is 1. The predicted molar refractivity (Wildman–Crippen MR) is 51.3 cm³/mol. The molecule has 1 aromatic rings. The molecule has 1 heterocycles. The SMILES string of the molecule is CC(O)CNc1nccc(C(=O)O)c1F. The van der Waals surface area contributed by atoms with Gasteiger partial charge in [-0.1, -0.05) is 0 Å². The summed E-state index contributed by atoms with van der Waals surface area (Å²) in [4.78, 5) is 14.2. The van der Waals surface area contributed by atoms with Gasteiger partial charge < -0.3 is 15.5 Å². The van der Waals surface area contributed by atoms with Crippen LogP contribution in [0.2, 0.25) is 0 Å². The Labute approximate surface area is 85.6 Å². The predicted octanol–water partition coefficient (Wildman–Crippen LogP) is 0.712. The van der Waals surface area contributed by atoms with Gasteiger partial charge in [0.25, 0.3) is 0 Å². The van der Waals surface area contributed by atoms with Gasteiger partial charge in [0, 0.05) is 12.7 Å². The van der Waals surface area contributed by atoms with Crippen LogP contribution in [-0.2, 0) is 0 Å². The second-order valence-electron chi connectivity index (χ2n) is 3.06. The Bertz CT molecular complexity index is 368. The van der Waals surface area contributed by atoms with E-state index in [9.17, 15) is 9.18 Å². The molecule has 0 bridgehead atoms. The van der Waals surface area contributed by atoms with Crippen molar-refractivity contribution in [1.82, 2.24) is 4.98 Å². The molecule has 0 aliphatic heterocycles. The number of nitrogens with zero attached hydrogens (tertiary/aromatic N) is 1. The molecule has 1 atom stereocenters. The largest absolute Gasteiger partial charge is 0.478 e. The van der Waals surface area contributed by atoms with Crippen molar-refractivity contribution in [3.05, 3.63) is 23.6 Å². The van der Waals surface area contributed by atoms with Crippen molar-refractivity contribution in [3.63, 3.8) is 0 Å². The molecule has 3 N–H and O–H groups in total. The van der Waals surface area contributed by atoms with Crippen LogP contribution in [0.15, 0.2) is 12.3 Å². The molecule has 15 heavy (non-hydrogen) atoms. The maximum absolute atomic E-state index is 13.4. The van der Waals surface area contributed by atoms with Crippen LogP contribution in [-0.4, -0.2) is 33.8 Å². The first-order valence-electron chi connectivity index (χ1n) is 4.32. The lowest BCUT2D eigenvalue weighted by Gasteiger charge is -2.09. The first kappa shape index (κ1) is 11.4. The summed E-state index contributed by atoms with van der Waals surface area (Å²) in [6.07, 6.45) is 0.524. The van der Waals surface area contributed by atoms with Crippen LogP contribution in [0.1, 0.15) is 17.3 Å². The fourth-order valence-corrected chi connectivity index (χ4v) is 0.977. The van der Waals surface area contributed by atoms with Crippen LogP contribution in [0.5, 0.6) is 0 Å². The minimum atomic E-state index is -1.35. The standard InChI is InChI=1S/C9H11FN2O3/c1-5(13)4-12-8-7(10)6(9(14)15)2-3-11-8/h2-3,5,13H,4H2,1H3,(H,11,12)(H,14,15). The Morgan fingerprint density at radius 2 is 2.40 bits per heavy atom. The van der Waals surface area contributed by atoms with Crippen LogP contribution < -0.4 is 5.32 Å². The van der Waals surface area contributed by atoms with Gasteiger partial charge in [-0.15, -0.1) is 0 Å². The zero-order valence-corrected chi connectivity index (χ0v) is 8.07. The summed E-state index contributed by atoms with van der Waals surface area (Å²) in [6.45, 7) is 1.62. The molecule has 0 fully saturated rings. The molecule has 0 aromatic carbocycles. The van der Waals surface area contributed by atoms with Crippen molar-refractivity contribution in [2.75, 3.05) is 11.9 Å². The molecule has 0 radical (unpaired) electrons. The summed E-state index contributed by atoms with van der Waals surface area (Å²) >= 11 is 0. The maximum Gasteiger partial charge on any atom is 0.338 e. The topological polar surface area (TPSA) is 82.5 Å². The van der Waals surface area contributed by atoms with E-state index in [4.69, 9.17) is 10.2 Å². The Kier molecular flexibility index (Phi) is 3.56. The Morgan fingerprint density at radius 3 is 2.93 bits per heavy atom. The summed E-state index contributed by atoms with van der Waals surface area (Å²) in [6, 6.07) is 1.07. The fraction of sp³-hybridized carbons (Fsp3) is 0.333. The lowest BCUT2D eigenvalue weighted by molar-refractivity contribution is 0.0692. The normalized spacial score (nSPS) is 12.2. The Hall–Kier alpha value is -1.69. The molecule has 82 valence electrons. The maximum atomic E-state index is 13.4. The lowest BCUT2D eigenvalue weighted by atomic mass is 10.2. The van der Waals surface area contributed by atoms with Gasteiger partial charge in [-0.05, 0) is 13.0 Å². The number of hydrogen-bond acceptors (Lipinski definition) is 4. The molecule has 0 spiro atoms. The number of rotatable bonds is 4. The van der Waals surface area contributed by atoms with Crippen molar-refractivity contribution < 1.29 is 19.4 Å². The van der Waals surface area contributed by atoms with Crippen molar-refractivity contribution in [2.45, 2.75) is 13.0 Å². The summed E-state index contributed by atoms with van der Waals surface area (Å²) < 4.78 is 13.4. The highest BCUT2D eigenvalue weighted by Gasteiger charge is 2.14. The monoisotopic (exact) mass is 214 g/mol. The third-order valence-corrected chi connectivity index (χ3v) is 1.68. The zero-order valence-electron chi connectivity index (χ0n) is 8.07. The number of carboxylic acid groups (broad SMARTS) is 1. The van der Waals surface area contributed by atoms with Crippen LogP contribution in [0.4, 0.5) is 10.2 Å². The van der Waals surface area contributed by atoms with Crippen molar-refractivity contribution in [1.29, 1.82) is 0 Å². The molecular formula is C9H11FN2O3. The van der Waals surface area contributed by atoms with Gasteiger partial charge >= 0.3 is 5.97 Å². The molecule has 1 unspecified atom stereocenters. The minimum Gasteiger partial charge on any atom is -0.478 e. The summed E-state index contributed by atoms with van der Waals surface area (Å²) in [5.74, 6) is -2.45. The van der Waals surface area contributed by atoms with Crippen LogP contribution in [0, 0.1) is 5.82 Å². The molecule has 5 nitrogen and oxygen atoms in total. The van der Waals surface area contributed by atoms with E-state index in [0.717, 1.165) is 6.07 Å². The number of aromatic carboxylic acids is 1. The number of hydrogen-bond donors (Lipinski definition) is 3. The van der Waals surface area contributed by atoms with E-state index in [2.05, 4.69) is 10.3 Å². The van der Waals surface area contributed by atoms with E-state index in [0.29, 0.717) is 0 Å². The fourth-order valence-electron chi connectivity index (χ4n) is 0.977. The highest BCUT2D eigenvalue weighted by Crippen LogP contribution is 2.14. The average Bonchev–Trinajstić information content (AvgIpc) is 2.15. The van der Waals surface area contributed by atoms with E-state index in [1.165, 1.54) is 13.1 Å². The molecule has 0 aliphatic carbocycles. The van der Waals surface area contributed by atoms with E-state index in [1.807, 2.05) is 0 Å². The molecule has 6 heteroatoms. The molecule has 0 saturated carbocycles. The molecular weight excluding hydrogens is 203 g/mol. The highest BCUT2D eigenvalue weighted by atomic mass is 19.1. The van der Waals surface area contributed by atoms with Crippen molar-refractivity contribution >= 4 is 11.8 Å². The molecule has 0 amide bonds. The molecule has 1 rings (SSSR count). The summed E-state index contributed by atoms with van der Waals surface area (Å²) in [5.41, 5.74) is -0.446. The summed E-state index contributed by atoms with van der Waals surface area (Å²) in [5, 5.41) is 20.1. The van der Waals surface area contributed by atoms with E-state index in [-0.39, 0.29) is 12.4 Å².